The van der Waals surface area contributed by atoms with Crippen LogP contribution in [-0.4, -0.2) is 0 Å². The Morgan fingerprint density at radius 3 is 1.86 bits per heavy atom. The Bertz CT molecular complexity index is 2680. The van der Waals surface area contributed by atoms with Gasteiger partial charge in [0.2, 0.25) is 0 Å². The first kappa shape index (κ1) is 23.2. The lowest BCUT2D eigenvalue weighted by atomic mass is 9.85. The van der Waals surface area contributed by atoms with Crippen molar-refractivity contribution in [2.75, 3.05) is 0 Å². The minimum absolute atomic E-state index is 0.837. The minimum atomic E-state index is 0.837. The monoisotopic (exact) mass is 566 g/mol. The molecule has 0 atom stereocenters. The van der Waals surface area contributed by atoms with Gasteiger partial charge in [-0.05, 0) is 69.1 Å². The van der Waals surface area contributed by atoms with Crippen LogP contribution in [0.2, 0.25) is 0 Å². The van der Waals surface area contributed by atoms with Gasteiger partial charge in [-0.2, -0.15) is 0 Å². The first-order valence-electron chi connectivity index (χ1n) is 14.5. The molecular formula is C40H22O2S. The van der Waals surface area contributed by atoms with Crippen molar-refractivity contribution in [1.82, 2.24) is 0 Å². The molecule has 0 N–H and O–H groups in total. The normalized spacial score (nSPS) is 12.2. The van der Waals surface area contributed by atoms with E-state index in [1.54, 1.807) is 6.26 Å². The van der Waals surface area contributed by atoms with E-state index in [4.69, 9.17) is 8.83 Å². The van der Waals surface area contributed by atoms with Gasteiger partial charge < -0.3 is 8.83 Å². The molecule has 0 unspecified atom stereocenters. The highest BCUT2D eigenvalue weighted by molar-refractivity contribution is 7.25. The van der Waals surface area contributed by atoms with Gasteiger partial charge in [0.25, 0.3) is 0 Å². The summed E-state index contributed by atoms with van der Waals surface area (Å²) in [6, 6.07) is 46.0. The van der Waals surface area contributed by atoms with Gasteiger partial charge in [0.05, 0.1) is 11.6 Å². The average molecular weight is 567 g/mol. The summed E-state index contributed by atoms with van der Waals surface area (Å²) in [4.78, 5) is 0. The highest BCUT2D eigenvalue weighted by Crippen LogP contribution is 2.48. The van der Waals surface area contributed by atoms with Gasteiger partial charge in [-0.15, -0.1) is 11.3 Å². The molecule has 200 valence electrons. The third kappa shape index (κ3) is 3.17. The summed E-state index contributed by atoms with van der Waals surface area (Å²) >= 11 is 1.86. The quantitative estimate of drug-likeness (QED) is 0.195. The van der Waals surface area contributed by atoms with E-state index in [0.717, 1.165) is 38.5 Å². The van der Waals surface area contributed by atoms with Gasteiger partial charge in [0.15, 0.2) is 0 Å². The molecule has 0 aliphatic rings. The third-order valence-corrected chi connectivity index (χ3v) is 10.1. The zero-order valence-corrected chi connectivity index (χ0v) is 23.7. The zero-order valence-electron chi connectivity index (χ0n) is 22.9. The van der Waals surface area contributed by atoms with E-state index in [1.165, 1.54) is 58.4 Å². The molecule has 3 aromatic heterocycles. The van der Waals surface area contributed by atoms with Crippen molar-refractivity contribution in [2.45, 2.75) is 0 Å². The molecule has 0 radical (unpaired) electrons. The first-order chi connectivity index (χ1) is 21.3. The molecule has 0 spiro atoms. The fourth-order valence-corrected chi connectivity index (χ4v) is 8.20. The summed E-state index contributed by atoms with van der Waals surface area (Å²) in [7, 11) is 0. The topological polar surface area (TPSA) is 26.3 Å². The van der Waals surface area contributed by atoms with Gasteiger partial charge >= 0.3 is 0 Å². The van der Waals surface area contributed by atoms with Crippen molar-refractivity contribution in [3.8, 4) is 22.3 Å². The van der Waals surface area contributed by atoms with Crippen LogP contribution >= 0.6 is 11.3 Å². The zero-order chi connectivity index (χ0) is 28.1. The number of benzene rings is 7. The van der Waals surface area contributed by atoms with Crippen LogP contribution in [0.3, 0.4) is 0 Å². The van der Waals surface area contributed by atoms with E-state index >= 15 is 0 Å². The SMILES string of the molecule is c1ccc2c(c1)sc1ccc(-c3c4ccccc4c(-c4cccc5c4oc4c6ccoc6ccc54)c4ccccc34)cc12. The first-order valence-corrected chi connectivity index (χ1v) is 15.3. The lowest BCUT2D eigenvalue weighted by molar-refractivity contribution is 0.615. The molecule has 10 aromatic rings. The predicted molar refractivity (Wildman–Crippen MR) is 182 cm³/mol. The maximum absolute atomic E-state index is 6.74. The van der Waals surface area contributed by atoms with Crippen LogP contribution in [0.1, 0.15) is 0 Å². The molecule has 0 saturated carbocycles. The van der Waals surface area contributed by atoms with Crippen molar-refractivity contribution < 1.29 is 8.83 Å². The largest absolute Gasteiger partial charge is 0.464 e. The van der Waals surface area contributed by atoms with Gasteiger partial charge in [-0.1, -0.05) is 91.0 Å². The van der Waals surface area contributed by atoms with Crippen LogP contribution < -0.4 is 0 Å². The van der Waals surface area contributed by atoms with E-state index in [-0.39, 0.29) is 0 Å². The van der Waals surface area contributed by atoms with Gasteiger partial charge in [0.1, 0.15) is 16.7 Å². The highest BCUT2D eigenvalue weighted by Gasteiger charge is 2.21. The van der Waals surface area contributed by atoms with E-state index in [0.29, 0.717) is 0 Å². The number of thiophene rings is 1. The van der Waals surface area contributed by atoms with Crippen LogP contribution in [0.25, 0.3) is 96.9 Å². The van der Waals surface area contributed by atoms with E-state index in [9.17, 15) is 0 Å². The number of para-hydroxylation sites is 1. The van der Waals surface area contributed by atoms with E-state index in [2.05, 4.69) is 115 Å². The molecule has 3 heterocycles. The summed E-state index contributed by atoms with van der Waals surface area (Å²) < 4.78 is 15.1. The summed E-state index contributed by atoms with van der Waals surface area (Å²) in [5.74, 6) is 0. The standard InChI is InChI=1S/C40H22O2S/c1-3-11-27-25(9-1)37(23-16-19-36-33(22-23)24-8-5-6-15-35(24)43-36)26-10-2-4-12-28(26)38(27)32-14-7-13-29-30-17-18-34-31(20-21-41-34)39(30)42-40(29)32/h1-22H. The Morgan fingerprint density at radius 2 is 1.07 bits per heavy atom. The number of furan rings is 2. The van der Waals surface area contributed by atoms with Crippen LogP contribution in [0.5, 0.6) is 0 Å². The lowest BCUT2D eigenvalue weighted by Gasteiger charge is -2.18. The Labute approximate surface area is 250 Å². The van der Waals surface area contributed by atoms with Gasteiger partial charge in [0, 0.05) is 42.1 Å². The Balaban J connectivity index is 1.33. The second-order valence-electron chi connectivity index (χ2n) is 11.2. The van der Waals surface area contributed by atoms with Crippen LogP contribution in [0, 0.1) is 0 Å². The van der Waals surface area contributed by atoms with Gasteiger partial charge in [-0.25, -0.2) is 0 Å². The summed E-state index contributed by atoms with van der Waals surface area (Å²) in [6.45, 7) is 0. The molecule has 0 saturated heterocycles. The Morgan fingerprint density at radius 1 is 0.419 bits per heavy atom. The summed E-state index contributed by atoms with van der Waals surface area (Å²) in [5.41, 5.74) is 7.41. The maximum atomic E-state index is 6.74. The van der Waals surface area contributed by atoms with Gasteiger partial charge in [-0.3, -0.25) is 0 Å². The van der Waals surface area contributed by atoms with E-state index in [1.807, 2.05) is 23.5 Å². The number of hydrogen-bond acceptors (Lipinski definition) is 3. The number of fused-ring (bicyclic) bond motifs is 10. The molecule has 2 nitrogen and oxygen atoms in total. The molecule has 0 aliphatic heterocycles. The number of hydrogen-bond donors (Lipinski definition) is 0. The fourth-order valence-electron chi connectivity index (χ4n) is 7.11. The molecule has 0 fully saturated rings. The Kier molecular flexibility index (Phi) is 4.63. The van der Waals surface area contributed by atoms with Crippen LogP contribution in [0.4, 0.5) is 0 Å². The fraction of sp³-hybridized carbons (Fsp3) is 0. The van der Waals surface area contributed by atoms with Crippen molar-refractivity contribution in [2.24, 2.45) is 0 Å². The molecule has 10 rings (SSSR count). The molecular weight excluding hydrogens is 545 g/mol. The molecule has 7 aromatic carbocycles. The highest BCUT2D eigenvalue weighted by atomic mass is 32.1. The average Bonchev–Trinajstić information content (AvgIpc) is 3.78. The molecule has 0 amide bonds. The minimum Gasteiger partial charge on any atom is -0.464 e. The second-order valence-corrected chi connectivity index (χ2v) is 12.3. The van der Waals surface area contributed by atoms with Crippen LogP contribution in [-0.2, 0) is 0 Å². The third-order valence-electron chi connectivity index (χ3n) is 8.96. The smallest absolute Gasteiger partial charge is 0.146 e. The van der Waals surface area contributed by atoms with Crippen molar-refractivity contribution in [3.63, 3.8) is 0 Å². The van der Waals surface area contributed by atoms with E-state index < -0.39 is 0 Å². The maximum Gasteiger partial charge on any atom is 0.146 e. The Hall–Kier alpha value is -5.38. The molecule has 0 aliphatic carbocycles. The summed E-state index contributed by atoms with van der Waals surface area (Å²) in [6.07, 6.45) is 1.73. The molecule has 43 heavy (non-hydrogen) atoms. The summed E-state index contributed by atoms with van der Waals surface area (Å²) in [5, 5.41) is 10.8. The number of rotatable bonds is 2. The lowest BCUT2D eigenvalue weighted by Crippen LogP contribution is -1.91. The van der Waals surface area contributed by atoms with Crippen molar-refractivity contribution in [3.05, 3.63) is 134 Å². The van der Waals surface area contributed by atoms with Crippen LogP contribution in [0.15, 0.2) is 142 Å². The second kappa shape index (κ2) is 8.57. The van der Waals surface area contributed by atoms with Crippen molar-refractivity contribution >= 4 is 86.0 Å². The molecule has 0 bridgehead atoms. The molecule has 3 heteroatoms. The predicted octanol–water partition coefficient (Wildman–Crippen LogP) is 12.3. The van der Waals surface area contributed by atoms with Crippen molar-refractivity contribution in [1.29, 1.82) is 0 Å².